The Hall–Kier alpha value is -1.09. The molecule has 0 radical (unpaired) electrons. The first-order chi connectivity index (χ1) is 8.09. The number of rotatable bonds is 3. The largest absolute Gasteiger partial charge is 0.315 e. The second kappa shape index (κ2) is 5.05. The van der Waals surface area contributed by atoms with Gasteiger partial charge in [0.05, 0.1) is 0 Å². The number of hydrogen-bond donors (Lipinski definition) is 0. The van der Waals surface area contributed by atoms with E-state index in [0.717, 1.165) is 25.0 Å². The molecule has 1 aliphatic carbocycles. The highest BCUT2D eigenvalue weighted by Crippen LogP contribution is 2.20. The van der Waals surface area contributed by atoms with E-state index in [0.29, 0.717) is 12.0 Å². The van der Waals surface area contributed by atoms with Gasteiger partial charge in [-0.05, 0) is 55.3 Å². The second-order valence-corrected chi connectivity index (χ2v) is 4.99. The van der Waals surface area contributed by atoms with Crippen LogP contribution in [0.3, 0.4) is 0 Å². The predicted octanol–water partition coefficient (Wildman–Crippen LogP) is 1.96. The number of carbonyl (C=O) groups excluding carboxylic acids is 1. The van der Waals surface area contributed by atoms with Crippen LogP contribution in [0.4, 0.5) is 0 Å². The van der Waals surface area contributed by atoms with Crippen molar-refractivity contribution in [2.45, 2.75) is 38.5 Å². The SMILES string of the molecule is Cn1c2c(cc(CCC(=O)Cl)c1=O)CCCC2. The Bertz CT molecular complexity index is 505. The van der Waals surface area contributed by atoms with Crippen molar-refractivity contribution in [1.82, 2.24) is 4.57 Å². The van der Waals surface area contributed by atoms with E-state index in [1.807, 2.05) is 13.1 Å². The Morgan fingerprint density at radius 1 is 1.41 bits per heavy atom. The first-order valence-electron chi connectivity index (χ1n) is 5.98. The summed E-state index contributed by atoms with van der Waals surface area (Å²) in [6.45, 7) is 0. The maximum Gasteiger partial charge on any atom is 0.253 e. The third-order valence-electron chi connectivity index (χ3n) is 3.40. The zero-order valence-electron chi connectivity index (χ0n) is 9.96. The lowest BCUT2D eigenvalue weighted by Crippen LogP contribution is -2.27. The lowest BCUT2D eigenvalue weighted by Gasteiger charge is -2.20. The van der Waals surface area contributed by atoms with Crippen molar-refractivity contribution in [3.63, 3.8) is 0 Å². The number of hydrogen-bond acceptors (Lipinski definition) is 2. The molecule has 17 heavy (non-hydrogen) atoms. The topological polar surface area (TPSA) is 39.1 Å². The van der Waals surface area contributed by atoms with Crippen LogP contribution in [0.25, 0.3) is 0 Å². The number of carbonyl (C=O) groups is 1. The van der Waals surface area contributed by atoms with Crippen LogP contribution in [-0.4, -0.2) is 9.81 Å². The van der Waals surface area contributed by atoms with Gasteiger partial charge in [0.15, 0.2) is 0 Å². The molecule has 0 saturated heterocycles. The van der Waals surface area contributed by atoms with Gasteiger partial charge >= 0.3 is 0 Å². The molecule has 3 nitrogen and oxygen atoms in total. The average Bonchev–Trinajstić information content (AvgIpc) is 2.32. The van der Waals surface area contributed by atoms with Crippen LogP contribution in [0.1, 0.15) is 36.1 Å². The maximum atomic E-state index is 12.1. The Kier molecular flexibility index (Phi) is 3.67. The first-order valence-corrected chi connectivity index (χ1v) is 6.36. The van der Waals surface area contributed by atoms with Gasteiger partial charge in [-0.25, -0.2) is 0 Å². The molecule has 0 spiro atoms. The van der Waals surface area contributed by atoms with Gasteiger partial charge in [-0.2, -0.15) is 0 Å². The molecule has 0 amide bonds. The van der Waals surface area contributed by atoms with E-state index in [1.165, 1.54) is 12.0 Å². The summed E-state index contributed by atoms with van der Waals surface area (Å²) in [6.07, 6.45) is 5.03. The van der Waals surface area contributed by atoms with Crippen LogP contribution in [0.2, 0.25) is 0 Å². The van der Waals surface area contributed by atoms with Gasteiger partial charge in [-0.1, -0.05) is 0 Å². The lowest BCUT2D eigenvalue weighted by molar-refractivity contribution is -0.111. The van der Waals surface area contributed by atoms with Crippen LogP contribution < -0.4 is 5.56 Å². The highest BCUT2D eigenvalue weighted by atomic mass is 35.5. The van der Waals surface area contributed by atoms with Gasteiger partial charge in [0.1, 0.15) is 0 Å². The molecule has 1 aromatic rings. The monoisotopic (exact) mass is 253 g/mol. The third kappa shape index (κ3) is 2.60. The van der Waals surface area contributed by atoms with Crippen LogP contribution in [-0.2, 0) is 31.1 Å². The summed E-state index contributed by atoms with van der Waals surface area (Å²) in [6, 6.07) is 1.97. The lowest BCUT2D eigenvalue weighted by atomic mass is 9.94. The smallest absolute Gasteiger partial charge is 0.253 e. The van der Waals surface area contributed by atoms with Crippen LogP contribution in [0.5, 0.6) is 0 Å². The van der Waals surface area contributed by atoms with E-state index >= 15 is 0 Å². The molecule has 4 heteroatoms. The summed E-state index contributed by atoms with van der Waals surface area (Å²) < 4.78 is 1.74. The van der Waals surface area contributed by atoms with Gasteiger partial charge in [0.2, 0.25) is 5.24 Å². The number of fused-ring (bicyclic) bond motifs is 1. The molecule has 2 rings (SSSR count). The van der Waals surface area contributed by atoms with Crippen molar-refractivity contribution >= 4 is 16.8 Å². The molecule has 0 atom stereocenters. The molecule has 0 fully saturated rings. The summed E-state index contributed by atoms with van der Waals surface area (Å²) in [5.41, 5.74) is 3.14. The fraction of sp³-hybridized carbons (Fsp3) is 0.538. The third-order valence-corrected chi connectivity index (χ3v) is 3.59. The molecular weight excluding hydrogens is 238 g/mol. The maximum absolute atomic E-state index is 12.1. The number of aromatic nitrogens is 1. The molecule has 1 aliphatic rings. The molecule has 1 heterocycles. The highest BCUT2D eigenvalue weighted by molar-refractivity contribution is 6.63. The fourth-order valence-corrected chi connectivity index (χ4v) is 2.57. The minimum Gasteiger partial charge on any atom is -0.315 e. The Labute approximate surface area is 105 Å². The molecule has 0 N–H and O–H groups in total. The summed E-state index contributed by atoms with van der Waals surface area (Å²) >= 11 is 5.32. The van der Waals surface area contributed by atoms with Gasteiger partial charge in [0.25, 0.3) is 5.56 Å². The van der Waals surface area contributed by atoms with Gasteiger partial charge in [0, 0.05) is 24.7 Å². The summed E-state index contributed by atoms with van der Waals surface area (Å²) in [5, 5.41) is -0.384. The quantitative estimate of drug-likeness (QED) is 0.773. The summed E-state index contributed by atoms with van der Waals surface area (Å²) in [7, 11) is 1.82. The van der Waals surface area contributed by atoms with Crippen molar-refractivity contribution in [3.05, 3.63) is 33.2 Å². The van der Waals surface area contributed by atoms with E-state index in [9.17, 15) is 9.59 Å². The van der Waals surface area contributed by atoms with Crippen molar-refractivity contribution in [1.29, 1.82) is 0 Å². The van der Waals surface area contributed by atoms with E-state index in [2.05, 4.69) is 0 Å². The van der Waals surface area contributed by atoms with E-state index in [1.54, 1.807) is 4.57 Å². The summed E-state index contributed by atoms with van der Waals surface area (Å²) in [4.78, 5) is 22.8. The van der Waals surface area contributed by atoms with E-state index in [-0.39, 0.29) is 17.2 Å². The predicted molar refractivity (Wildman–Crippen MR) is 67.5 cm³/mol. The van der Waals surface area contributed by atoms with Gasteiger partial charge in [-0.15, -0.1) is 0 Å². The average molecular weight is 254 g/mol. The molecule has 92 valence electrons. The Morgan fingerprint density at radius 2 is 2.12 bits per heavy atom. The standard InChI is InChI=1S/C13H16ClNO2/c1-15-11-5-3-2-4-9(11)8-10(13(15)17)6-7-12(14)16/h8H,2-7H2,1H3. The van der Waals surface area contributed by atoms with E-state index in [4.69, 9.17) is 11.6 Å². The highest BCUT2D eigenvalue weighted by Gasteiger charge is 2.15. The number of pyridine rings is 1. The minimum atomic E-state index is -0.384. The zero-order chi connectivity index (χ0) is 12.4. The van der Waals surface area contributed by atoms with Crippen molar-refractivity contribution in [2.24, 2.45) is 7.05 Å². The second-order valence-electron chi connectivity index (χ2n) is 4.57. The van der Waals surface area contributed by atoms with Crippen molar-refractivity contribution < 1.29 is 4.79 Å². The van der Waals surface area contributed by atoms with Gasteiger partial charge in [-0.3, -0.25) is 9.59 Å². The van der Waals surface area contributed by atoms with Crippen LogP contribution in [0.15, 0.2) is 10.9 Å². The number of aryl methyl sites for hydroxylation is 2. The van der Waals surface area contributed by atoms with Crippen molar-refractivity contribution in [2.75, 3.05) is 0 Å². The Balaban J connectivity index is 2.37. The van der Waals surface area contributed by atoms with E-state index < -0.39 is 0 Å². The summed E-state index contributed by atoms with van der Waals surface area (Å²) in [5.74, 6) is 0. The Morgan fingerprint density at radius 3 is 2.82 bits per heavy atom. The van der Waals surface area contributed by atoms with Crippen LogP contribution in [0, 0.1) is 0 Å². The molecular formula is C13H16ClNO2. The molecule has 0 aromatic carbocycles. The van der Waals surface area contributed by atoms with Crippen molar-refractivity contribution in [3.8, 4) is 0 Å². The number of halogens is 1. The number of nitrogens with zero attached hydrogens (tertiary/aromatic N) is 1. The molecule has 1 aromatic heterocycles. The molecule has 0 saturated carbocycles. The normalized spacial score (nSPS) is 14.5. The molecule has 0 unspecified atom stereocenters. The molecule has 0 aliphatic heterocycles. The van der Waals surface area contributed by atoms with Crippen LogP contribution >= 0.6 is 11.6 Å². The molecule has 0 bridgehead atoms. The zero-order valence-corrected chi connectivity index (χ0v) is 10.7. The minimum absolute atomic E-state index is 0.0172. The first kappa shape index (κ1) is 12.4. The fourth-order valence-electron chi connectivity index (χ4n) is 2.47. The van der Waals surface area contributed by atoms with Gasteiger partial charge < -0.3 is 4.57 Å².